The van der Waals surface area contributed by atoms with Gasteiger partial charge in [-0.15, -0.1) is 0 Å². The summed E-state index contributed by atoms with van der Waals surface area (Å²) in [6.07, 6.45) is 3.82. The highest BCUT2D eigenvalue weighted by atomic mass is 79.9. The fourth-order valence-corrected chi connectivity index (χ4v) is 2.35. The van der Waals surface area contributed by atoms with Crippen LogP contribution in [0, 0.1) is 0 Å². The molecule has 0 heterocycles. The topological polar surface area (TPSA) is 49.3 Å². The fourth-order valence-electron chi connectivity index (χ4n) is 1.56. The van der Waals surface area contributed by atoms with E-state index in [0.29, 0.717) is 12.1 Å². The second-order valence-electron chi connectivity index (χ2n) is 4.02. The zero-order valence-corrected chi connectivity index (χ0v) is 13.3. The molecule has 1 amide bonds. The number of halogens is 2. The van der Waals surface area contributed by atoms with E-state index in [-0.39, 0.29) is 12.5 Å². The van der Waals surface area contributed by atoms with Crippen LogP contribution in [0.2, 0.25) is 0 Å². The van der Waals surface area contributed by atoms with E-state index in [2.05, 4.69) is 37.2 Å². The van der Waals surface area contributed by atoms with Crippen molar-refractivity contribution in [1.82, 2.24) is 5.32 Å². The summed E-state index contributed by atoms with van der Waals surface area (Å²) in [5.74, 6) is -0.0645. The molecule has 0 aromatic heterocycles. The highest BCUT2D eigenvalue weighted by Gasteiger charge is 2.09. The van der Waals surface area contributed by atoms with E-state index >= 15 is 0 Å². The lowest BCUT2D eigenvalue weighted by Crippen LogP contribution is -2.24. The lowest BCUT2D eigenvalue weighted by molar-refractivity contribution is 0.0952. The molecule has 0 unspecified atom stereocenters. The maximum atomic E-state index is 11.9. The normalized spacial score (nSPS) is 10.4. The molecule has 0 bridgehead atoms. The second kappa shape index (κ2) is 8.67. The molecule has 1 rings (SSSR count). The Bertz CT molecular complexity index is 397. The molecular weight excluding hydrogens is 362 g/mol. The van der Waals surface area contributed by atoms with Gasteiger partial charge in [0.05, 0.1) is 5.56 Å². The maximum absolute atomic E-state index is 11.9. The van der Waals surface area contributed by atoms with E-state index in [1.54, 1.807) is 6.07 Å². The van der Waals surface area contributed by atoms with Gasteiger partial charge in [0, 0.05) is 22.1 Å². The molecule has 1 aromatic carbocycles. The predicted octanol–water partition coefficient (Wildman–Crippen LogP) is 3.49. The lowest BCUT2D eigenvalue weighted by Gasteiger charge is -2.07. The highest BCUT2D eigenvalue weighted by molar-refractivity contribution is 9.11. The van der Waals surface area contributed by atoms with Crippen molar-refractivity contribution in [3.05, 3.63) is 32.7 Å². The van der Waals surface area contributed by atoms with Gasteiger partial charge in [-0.1, -0.05) is 28.8 Å². The molecule has 0 aliphatic carbocycles. The number of aliphatic hydroxyl groups excluding tert-OH is 1. The van der Waals surface area contributed by atoms with Crippen LogP contribution in [-0.2, 0) is 0 Å². The fraction of sp³-hybridized carbons (Fsp3) is 0.462. The van der Waals surface area contributed by atoms with Crippen molar-refractivity contribution in [3.63, 3.8) is 0 Å². The summed E-state index contributed by atoms with van der Waals surface area (Å²) in [6.45, 7) is 0.917. The maximum Gasteiger partial charge on any atom is 0.252 e. The zero-order chi connectivity index (χ0) is 13.4. The largest absolute Gasteiger partial charge is 0.396 e. The zero-order valence-electron chi connectivity index (χ0n) is 10.1. The van der Waals surface area contributed by atoms with Crippen molar-refractivity contribution in [2.45, 2.75) is 25.7 Å². The van der Waals surface area contributed by atoms with Gasteiger partial charge in [-0.2, -0.15) is 0 Å². The molecular formula is C13H17Br2NO2. The summed E-state index contributed by atoms with van der Waals surface area (Å²) in [5, 5.41) is 11.5. The number of benzene rings is 1. The van der Waals surface area contributed by atoms with Crippen LogP contribution >= 0.6 is 31.9 Å². The van der Waals surface area contributed by atoms with Crippen LogP contribution in [-0.4, -0.2) is 24.2 Å². The first-order chi connectivity index (χ1) is 8.65. The molecule has 0 spiro atoms. The monoisotopic (exact) mass is 377 g/mol. The van der Waals surface area contributed by atoms with Crippen molar-refractivity contribution in [2.75, 3.05) is 13.2 Å². The minimum absolute atomic E-state index is 0.0645. The number of hydrogen-bond donors (Lipinski definition) is 2. The standard InChI is InChI=1S/C13H17Br2NO2/c14-10-5-6-12(15)11(9-10)13(18)16-7-3-1-2-4-8-17/h5-6,9,17H,1-4,7-8H2,(H,16,18). The number of rotatable bonds is 7. The van der Waals surface area contributed by atoms with Crippen molar-refractivity contribution in [1.29, 1.82) is 0 Å². The van der Waals surface area contributed by atoms with Gasteiger partial charge in [0.2, 0.25) is 0 Å². The van der Waals surface area contributed by atoms with Crippen molar-refractivity contribution in [2.24, 2.45) is 0 Å². The van der Waals surface area contributed by atoms with E-state index < -0.39 is 0 Å². The minimum atomic E-state index is -0.0645. The number of carbonyl (C=O) groups is 1. The van der Waals surface area contributed by atoms with Crippen LogP contribution in [0.4, 0.5) is 0 Å². The molecule has 0 aliphatic rings. The van der Waals surface area contributed by atoms with Crippen LogP contribution in [0.25, 0.3) is 0 Å². The number of hydrogen-bond acceptors (Lipinski definition) is 2. The van der Waals surface area contributed by atoms with E-state index in [9.17, 15) is 4.79 Å². The van der Waals surface area contributed by atoms with Gasteiger partial charge in [0.1, 0.15) is 0 Å². The van der Waals surface area contributed by atoms with E-state index in [1.165, 1.54) is 0 Å². The van der Waals surface area contributed by atoms with Gasteiger partial charge in [-0.25, -0.2) is 0 Å². The molecule has 2 N–H and O–H groups in total. The third-order valence-electron chi connectivity index (χ3n) is 2.54. The first-order valence-corrected chi connectivity index (χ1v) is 7.58. The smallest absolute Gasteiger partial charge is 0.252 e. The number of unbranched alkanes of at least 4 members (excludes halogenated alkanes) is 3. The molecule has 0 saturated carbocycles. The van der Waals surface area contributed by atoms with Crippen LogP contribution in [0.5, 0.6) is 0 Å². The molecule has 0 atom stereocenters. The number of nitrogens with one attached hydrogen (secondary N) is 1. The lowest BCUT2D eigenvalue weighted by atomic mass is 10.2. The first-order valence-electron chi connectivity index (χ1n) is 5.99. The number of carbonyl (C=O) groups excluding carboxylic acids is 1. The van der Waals surface area contributed by atoms with Gasteiger partial charge >= 0.3 is 0 Å². The van der Waals surface area contributed by atoms with E-state index in [1.807, 2.05) is 12.1 Å². The van der Waals surface area contributed by atoms with Gasteiger partial charge in [-0.05, 0) is 47.0 Å². The number of aliphatic hydroxyl groups is 1. The molecule has 0 fully saturated rings. The van der Waals surface area contributed by atoms with Gasteiger partial charge in [0.15, 0.2) is 0 Å². The van der Waals surface area contributed by atoms with Crippen molar-refractivity contribution >= 4 is 37.8 Å². The molecule has 0 aliphatic heterocycles. The summed E-state index contributed by atoms with van der Waals surface area (Å²) in [6, 6.07) is 5.53. The molecule has 0 radical (unpaired) electrons. The Hall–Kier alpha value is -0.390. The third-order valence-corrected chi connectivity index (χ3v) is 3.73. The molecule has 1 aromatic rings. The van der Waals surface area contributed by atoms with E-state index in [4.69, 9.17) is 5.11 Å². The van der Waals surface area contributed by atoms with E-state index in [0.717, 1.165) is 34.6 Å². The molecule has 18 heavy (non-hydrogen) atoms. The summed E-state index contributed by atoms with van der Waals surface area (Å²) in [7, 11) is 0. The average molecular weight is 379 g/mol. The third kappa shape index (κ3) is 5.50. The summed E-state index contributed by atoms with van der Waals surface area (Å²) in [5.41, 5.74) is 0.639. The highest BCUT2D eigenvalue weighted by Crippen LogP contribution is 2.21. The second-order valence-corrected chi connectivity index (χ2v) is 5.79. The predicted molar refractivity (Wildman–Crippen MR) is 79.7 cm³/mol. The molecule has 3 nitrogen and oxygen atoms in total. The Kier molecular flexibility index (Phi) is 7.54. The summed E-state index contributed by atoms with van der Waals surface area (Å²) >= 11 is 6.72. The van der Waals surface area contributed by atoms with Crippen LogP contribution in [0.15, 0.2) is 27.1 Å². The van der Waals surface area contributed by atoms with Crippen molar-refractivity contribution in [3.8, 4) is 0 Å². The molecule has 100 valence electrons. The Morgan fingerprint density at radius 3 is 2.61 bits per heavy atom. The average Bonchev–Trinajstić information content (AvgIpc) is 2.36. The minimum Gasteiger partial charge on any atom is -0.396 e. The Morgan fingerprint density at radius 2 is 1.89 bits per heavy atom. The quantitative estimate of drug-likeness (QED) is 0.713. The Morgan fingerprint density at radius 1 is 1.17 bits per heavy atom. The van der Waals surface area contributed by atoms with Crippen LogP contribution < -0.4 is 5.32 Å². The van der Waals surface area contributed by atoms with Gasteiger partial charge in [-0.3, -0.25) is 4.79 Å². The molecule has 5 heteroatoms. The van der Waals surface area contributed by atoms with Crippen LogP contribution in [0.1, 0.15) is 36.0 Å². The molecule has 0 saturated heterocycles. The van der Waals surface area contributed by atoms with Crippen LogP contribution in [0.3, 0.4) is 0 Å². The Balaban J connectivity index is 2.34. The van der Waals surface area contributed by atoms with Gasteiger partial charge < -0.3 is 10.4 Å². The van der Waals surface area contributed by atoms with Crippen molar-refractivity contribution < 1.29 is 9.90 Å². The number of amides is 1. The Labute approximate surface area is 124 Å². The first kappa shape index (κ1) is 15.7. The van der Waals surface area contributed by atoms with Gasteiger partial charge in [0.25, 0.3) is 5.91 Å². The summed E-state index contributed by atoms with van der Waals surface area (Å²) < 4.78 is 1.68. The summed E-state index contributed by atoms with van der Waals surface area (Å²) in [4.78, 5) is 11.9. The SMILES string of the molecule is O=C(NCCCCCCO)c1cc(Br)ccc1Br.